The zero-order chi connectivity index (χ0) is 26.5. The van der Waals surface area contributed by atoms with Crippen LogP contribution in [0.25, 0.3) is 33.4 Å². The summed E-state index contributed by atoms with van der Waals surface area (Å²) in [4.78, 5) is 21.5. The molecule has 0 aliphatic rings. The molecule has 0 aliphatic heterocycles. The molecule has 5 rings (SSSR count). The lowest BCUT2D eigenvalue weighted by Crippen LogP contribution is -2.35. The van der Waals surface area contributed by atoms with Gasteiger partial charge >= 0.3 is 0 Å². The Bertz CT molecular complexity index is 1550. The molecule has 1 atom stereocenters. The van der Waals surface area contributed by atoms with E-state index < -0.39 is 0 Å². The summed E-state index contributed by atoms with van der Waals surface area (Å²) in [7, 11) is 0. The zero-order valence-electron chi connectivity index (χ0n) is 21.0. The third kappa shape index (κ3) is 5.78. The smallest absolute Gasteiger partial charge is 0.258 e. The largest absolute Gasteiger partial charge is 0.484 e. The number of carbonyl (C=O) groups is 1. The molecular formula is C29H27FN6O2. The number of benzene rings is 3. The first-order chi connectivity index (χ1) is 18.5. The van der Waals surface area contributed by atoms with Crippen molar-refractivity contribution in [2.24, 2.45) is 0 Å². The van der Waals surface area contributed by atoms with Crippen molar-refractivity contribution in [1.29, 1.82) is 0 Å². The Morgan fingerprint density at radius 2 is 1.87 bits per heavy atom. The molecule has 5 aromatic rings. The number of amides is 1. The Morgan fingerprint density at radius 3 is 2.63 bits per heavy atom. The van der Waals surface area contributed by atoms with Crippen LogP contribution >= 0.6 is 0 Å². The van der Waals surface area contributed by atoms with Crippen molar-refractivity contribution in [2.75, 3.05) is 11.9 Å². The van der Waals surface area contributed by atoms with Crippen molar-refractivity contribution in [3.05, 3.63) is 84.9 Å². The van der Waals surface area contributed by atoms with E-state index in [9.17, 15) is 9.18 Å². The number of carbonyl (C=O) groups excluding carboxylic acids is 1. The molecule has 1 amide bonds. The van der Waals surface area contributed by atoms with Gasteiger partial charge in [0.25, 0.3) is 5.91 Å². The molecule has 0 radical (unpaired) electrons. The molecule has 192 valence electrons. The maximum Gasteiger partial charge on any atom is 0.258 e. The van der Waals surface area contributed by atoms with Crippen LogP contribution in [-0.4, -0.2) is 38.7 Å². The zero-order valence-corrected chi connectivity index (χ0v) is 21.0. The molecule has 0 unspecified atom stereocenters. The predicted molar refractivity (Wildman–Crippen MR) is 146 cm³/mol. The third-order valence-corrected chi connectivity index (χ3v) is 6.12. The quantitative estimate of drug-likeness (QED) is 0.229. The highest BCUT2D eigenvalue weighted by Crippen LogP contribution is 2.30. The Hall–Kier alpha value is -4.79. The van der Waals surface area contributed by atoms with Gasteiger partial charge in [-0.1, -0.05) is 31.2 Å². The van der Waals surface area contributed by atoms with E-state index in [0.29, 0.717) is 33.9 Å². The first-order valence-corrected chi connectivity index (χ1v) is 12.3. The predicted octanol–water partition coefficient (Wildman–Crippen LogP) is 5.86. The van der Waals surface area contributed by atoms with Crippen LogP contribution in [0.4, 0.5) is 15.9 Å². The van der Waals surface area contributed by atoms with Gasteiger partial charge in [0.05, 0.1) is 11.7 Å². The van der Waals surface area contributed by atoms with E-state index in [1.807, 2.05) is 56.4 Å². The molecule has 0 saturated carbocycles. The molecule has 3 aromatic carbocycles. The van der Waals surface area contributed by atoms with Crippen LogP contribution in [0.5, 0.6) is 5.75 Å². The Labute approximate surface area is 219 Å². The van der Waals surface area contributed by atoms with E-state index in [2.05, 4.69) is 25.8 Å². The summed E-state index contributed by atoms with van der Waals surface area (Å²) in [5.74, 6) is 0.877. The number of rotatable bonds is 9. The van der Waals surface area contributed by atoms with Crippen LogP contribution in [0, 0.1) is 5.82 Å². The second-order valence-electron chi connectivity index (χ2n) is 8.94. The molecule has 38 heavy (non-hydrogen) atoms. The molecule has 0 fully saturated rings. The number of aromatic nitrogens is 4. The van der Waals surface area contributed by atoms with Crippen LogP contribution in [0.15, 0.2) is 79.1 Å². The fraction of sp³-hybridized carbons (Fsp3) is 0.172. The van der Waals surface area contributed by atoms with Crippen molar-refractivity contribution >= 4 is 28.3 Å². The topological polar surface area (TPSA) is 105 Å². The van der Waals surface area contributed by atoms with Crippen LogP contribution in [-0.2, 0) is 4.79 Å². The van der Waals surface area contributed by atoms with E-state index in [1.165, 1.54) is 12.1 Å². The SMILES string of the molecule is CC[C@@H](C)NC(=O)COc1cccc(-c2nc(Nc3ccc(-c4cn[nH]c4)cc3)c3cc(F)ccc3n2)c1. The van der Waals surface area contributed by atoms with Crippen LogP contribution in [0.1, 0.15) is 20.3 Å². The van der Waals surface area contributed by atoms with Gasteiger partial charge in [-0.3, -0.25) is 9.89 Å². The number of hydrogen-bond acceptors (Lipinski definition) is 6. The van der Waals surface area contributed by atoms with Gasteiger partial charge in [-0.05, 0) is 61.4 Å². The number of ether oxygens (including phenoxy) is 1. The minimum atomic E-state index is -0.377. The Morgan fingerprint density at radius 1 is 1.03 bits per heavy atom. The van der Waals surface area contributed by atoms with Crippen LogP contribution in [0.2, 0.25) is 0 Å². The first kappa shape index (κ1) is 24.9. The van der Waals surface area contributed by atoms with Gasteiger partial charge in [0.1, 0.15) is 17.4 Å². The van der Waals surface area contributed by atoms with E-state index in [4.69, 9.17) is 9.72 Å². The lowest BCUT2D eigenvalue weighted by Gasteiger charge is -2.13. The summed E-state index contributed by atoms with van der Waals surface area (Å²) in [6.07, 6.45) is 4.42. The van der Waals surface area contributed by atoms with Gasteiger partial charge < -0.3 is 15.4 Å². The molecule has 3 N–H and O–H groups in total. The van der Waals surface area contributed by atoms with Crippen LogP contribution in [0.3, 0.4) is 0 Å². The summed E-state index contributed by atoms with van der Waals surface area (Å²) < 4.78 is 19.9. The van der Waals surface area contributed by atoms with Gasteiger partial charge in [0.2, 0.25) is 0 Å². The number of hydrogen-bond donors (Lipinski definition) is 3. The van der Waals surface area contributed by atoms with Gasteiger partial charge in [0.15, 0.2) is 12.4 Å². The van der Waals surface area contributed by atoms with Crippen molar-refractivity contribution in [3.63, 3.8) is 0 Å². The van der Waals surface area contributed by atoms with Gasteiger partial charge in [-0.15, -0.1) is 0 Å². The minimum absolute atomic E-state index is 0.0843. The second kappa shape index (κ2) is 11.1. The molecule has 0 spiro atoms. The highest BCUT2D eigenvalue weighted by molar-refractivity contribution is 5.92. The van der Waals surface area contributed by atoms with E-state index >= 15 is 0 Å². The maximum absolute atomic E-state index is 14.2. The monoisotopic (exact) mass is 510 g/mol. The number of fused-ring (bicyclic) bond motifs is 1. The molecule has 0 bridgehead atoms. The van der Waals surface area contributed by atoms with Crippen molar-refractivity contribution in [1.82, 2.24) is 25.5 Å². The summed E-state index contributed by atoms with van der Waals surface area (Å²) in [5, 5.41) is 13.5. The van der Waals surface area contributed by atoms with E-state index in [1.54, 1.807) is 24.4 Å². The summed E-state index contributed by atoms with van der Waals surface area (Å²) in [6, 6.07) is 19.5. The number of halogens is 1. The normalized spacial score (nSPS) is 11.8. The summed E-state index contributed by atoms with van der Waals surface area (Å²) in [5.41, 5.74) is 4.07. The van der Waals surface area contributed by atoms with E-state index in [0.717, 1.165) is 23.2 Å². The highest BCUT2D eigenvalue weighted by Gasteiger charge is 2.13. The lowest BCUT2D eigenvalue weighted by molar-refractivity contribution is -0.123. The number of aromatic amines is 1. The fourth-order valence-corrected chi connectivity index (χ4v) is 3.91. The standard InChI is InChI=1S/C29H27FN6O2/c1-3-18(2)33-27(37)17-38-24-6-4-5-20(13-24)28-35-26-12-9-22(30)14-25(26)29(36-28)34-23-10-7-19(8-11-23)21-15-31-32-16-21/h4-16,18H,3,17H2,1-2H3,(H,31,32)(H,33,37)(H,34,35,36)/t18-/m1/s1. The van der Waals surface area contributed by atoms with Crippen molar-refractivity contribution in [2.45, 2.75) is 26.3 Å². The average Bonchev–Trinajstić information content (AvgIpc) is 3.48. The molecule has 0 saturated heterocycles. The number of nitrogens with zero attached hydrogens (tertiary/aromatic N) is 3. The number of H-pyrrole nitrogens is 1. The molecular weight excluding hydrogens is 483 g/mol. The number of nitrogens with one attached hydrogen (secondary N) is 3. The van der Waals surface area contributed by atoms with Gasteiger partial charge in [0, 0.05) is 34.4 Å². The Kier molecular flexibility index (Phi) is 7.26. The minimum Gasteiger partial charge on any atom is -0.484 e. The molecule has 2 aromatic heterocycles. The lowest BCUT2D eigenvalue weighted by atomic mass is 10.1. The van der Waals surface area contributed by atoms with E-state index in [-0.39, 0.29) is 24.4 Å². The molecule has 2 heterocycles. The summed E-state index contributed by atoms with van der Waals surface area (Å²) >= 11 is 0. The van der Waals surface area contributed by atoms with Crippen LogP contribution < -0.4 is 15.4 Å². The van der Waals surface area contributed by atoms with Crippen molar-refractivity contribution < 1.29 is 13.9 Å². The number of anilines is 2. The second-order valence-corrected chi connectivity index (χ2v) is 8.94. The van der Waals surface area contributed by atoms with Crippen molar-refractivity contribution in [3.8, 4) is 28.3 Å². The average molecular weight is 511 g/mol. The Balaban J connectivity index is 1.42. The molecule has 8 nitrogen and oxygen atoms in total. The molecule has 9 heteroatoms. The molecule has 0 aliphatic carbocycles. The van der Waals surface area contributed by atoms with Gasteiger partial charge in [-0.25, -0.2) is 14.4 Å². The summed E-state index contributed by atoms with van der Waals surface area (Å²) in [6.45, 7) is 3.86. The maximum atomic E-state index is 14.2. The third-order valence-electron chi connectivity index (χ3n) is 6.12. The highest BCUT2D eigenvalue weighted by atomic mass is 19.1. The van der Waals surface area contributed by atoms with Gasteiger partial charge in [-0.2, -0.15) is 5.10 Å². The first-order valence-electron chi connectivity index (χ1n) is 12.3. The fourth-order valence-electron chi connectivity index (χ4n) is 3.91.